The molecule has 1 fully saturated rings. The fourth-order valence-electron chi connectivity index (χ4n) is 2.90. The van der Waals surface area contributed by atoms with Crippen LogP contribution in [0.25, 0.3) is 10.9 Å². The third kappa shape index (κ3) is 2.59. The Morgan fingerprint density at radius 3 is 2.75 bits per heavy atom. The number of nitrogens with one attached hydrogen (secondary N) is 1. The number of fused-ring (bicyclic) bond motifs is 1. The largest absolute Gasteiger partial charge is 0.352 e. The van der Waals surface area contributed by atoms with Gasteiger partial charge in [0.2, 0.25) is 5.91 Å². The molecule has 1 aliphatic rings. The van der Waals surface area contributed by atoms with E-state index in [4.69, 9.17) is 0 Å². The van der Waals surface area contributed by atoms with Gasteiger partial charge in [-0.2, -0.15) is 0 Å². The van der Waals surface area contributed by atoms with Crippen LogP contribution in [0.4, 0.5) is 0 Å². The first kappa shape index (κ1) is 12.9. The Labute approximate surface area is 117 Å². The molecular weight excluding hydrogens is 252 g/mol. The van der Waals surface area contributed by atoms with Crippen LogP contribution in [0.15, 0.2) is 41.3 Å². The summed E-state index contributed by atoms with van der Waals surface area (Å²) >= 11 is 0. The zero-order chi connectivity index (χ0) is 13.9. The third-order valence-corrected chi connectivity index (χ3v) is 3.92. The van der Waals surface area contributed by atoms with E-state index in [-0.39, 0.29) is 17.9 Å². The predicted molar refractivity (Wildman–Crippen MR) is 78.6 cm³/mol. The molecule has 1 aromatic heterocycles. The molecule has 0 saturated heterocycles. The molecule has 1 saturated carbocycles. The first-order chi connectivity index (χ1) is 9.74. The Morgan fingerprint density at radius 2 is 1.95 bits per heavy atom. The second kappa shape index (κ2) is 5.49. The molecule has 1 heterocycles. The number of rotatable bonds is 3. The fraction of sp³-hybridized carbons (Fsp3) is 0.375. The Kier molecular flexibility index (Phi) is 3.54. The van der Waals surface area contributed by atoms with E-state index in [1.165, 1.54) is 18.9 Å². The van der Waals surface area contributed by atoms with Crippen LogP contribution in [-0.4, -0.2) is 16.5 Å². The van der Waals surface area contributed by atoms with E-state index >= 15 is 0 Å². The monoisotopic (exact) mass is 270 g/mol. The first-order valence-electron chi connectivity index (χ1n) is 7.11. The van der Waals surface area contributed by atoms with Crippen molar-refractivity contribution >= 4 is 16.8 Å². The molecule has 0 atom stereocenters. The normalized spacial score (nSPS) is 15.6. The lowest BCUT2D eigenvalue weighted by molar-refractivity contribution is -0.122. The SMILES string of the molecule is O=C(Cn1ccc(=O)c2ccccc21)NC1CCCC1. The van der Waals surface area contributed by atoms with E-state index in [2.05, 4.69) is 5.32 Å². The highest BCUT2D eigenvalue weighted by atomic mass is 16.2. The highest BCUT2D eigenvalue weighted by molar-refractivity contribution is 5.82. The van der Waals surface area contributed by atoms with Crippen molar-refractivity contribution in [3.8, 4) is 0 Å². The van der Waals surface area contributed by atoms with Crippen molar-refractivity contribution in [3.05, 3.63) is 46.8 Å². The maximum Gasteiger partial charge on any atom is 0.240 e. The quantitative estimate of drug-likeness (QED) is 0.928. The van der Waals surface area contributed by atoms with Gasteiger partial charge in [0.15, 0.2) is 5.43 Å². The minimum atomic E-state index is -0.00643. The number of nitrogens with zero attached hydrogens (tertiary/aromatic N) is 1. The van der Waals surface area contributed by atoms with Gasteiger partial charge in [0.25, 0.3) is 0 Å². The molecule has 1 amide bonds. The Morgan fingerprint density at radius 1 is 1.20 bits per heavy atom. The maximum absolute atomic E-state index is 12.1. The van der Waals surface area contributed by atoms with E-state index in [9.17, 15) is 9.59 Å². The number of amides is 1. The lowest BCUT2D eigenvalue weighted by Gasteiger charge is -2.14. The number of hydrogen-bond acceptors (Lipinski definition) is 2. The Balaban J connectivity index is 1.82. The van der Waals surface area contributed by atoms with Crippen molar-refractivity contribution in [3.63, 3.8) is 0 Å². The second-order valence-corrected chi connectivity index (χ2v) is 5.37. The smallest absolute Gasteiger partial charge is 0.240 e. The van der Waals surface area contributed by atoms with E-state index in [0.717, 1.165) is 18.4 Å². The van der Waals surface area contributed by atoms with E-state index in [1.54, 1.807) is 12.3 Å². The number of benzene rings is 1. The van der Waals surface area contributed by atoms with Crippen molar-refractivity contribution < 1.29 is 4.79 Å². The van der Waals surface area contributed by atoms with Crippen molar-refractivity contribution in [1.29, 1.82) is 0 Å². The molecule has 0 radical (unpaired) electrons. The Bertz CT molecular complexity index is 684. The molecule has 0 unspecified atom stereocenters. The summed E-state index contributed by atoms with van der Waals surface area (Å²) in [4.78, 5) is 23.9. The predicted octanol–water partition coefficient (Wildman–Crippen LogP) is 2.06. The number of hydrogen-bond donors (Lipinski definition) is 1. The zero-order valence-electron chi connectivity index (χ0n) is 11.3. The minimum Gasteiger partial charge on any atom is -0.352 e. The van der Waals surface area contributed by atoms with E-state index in [0.29, 0.717) is 11.4 Å². The number of aromatic nitrogens is 1. The average molecular weight is 270 g/mol. The highest BCUT2D eigenvalue weighted by Crippen LogP contribution is 2.17. The molecule has 0 spiro atoms. The van der Waals surface area contributed by atoms with Crippen molar-refractivity contribution in [1.82, 2.24) is 9.88 Å². The van der Waals surface area contributed by atoms with Gasteiger partial charge < -0.3 is 9.88 Å². The highest BCUT2D eigenvalue weighted by Gasteiger charge is 2.17. The van der Waals surface area contributed by atoms with Crippen molar-refractivity contribution in [2.75, 3.05) is 0 Å². The summed E-state index contributed by atoms with van der Waals surface area (Å²) in [5.41, 5.74) is 0.801. The first-order valence-corrected chi connectivity index (χ1v) is 7.11. The summed E-state index contributed by atoms with van der Waals surface area (Å²) in [6.07, 6.45) is 6.25. The molecular formula is C16H18N2O2. The van der Waals surface area contributed by atoms with Crippen LogP contribution in [0.5, 0.6) is 0 Å². The van der Waals surface area contributed by atoms with Crippen LogP contribution in [0.1, 0.15) is 25.7 Å². The van der Waals surface area contributed by atoms with Crippen LogP contribution in [0.2, 0.25) is 0 Å². The van der Waals surface area contributed by atoms with Gasteiger partial charge in [0.05, 0.1) is 5.52 Å². The van der Waals surface area contributed by atoms with E-state index < -0.39 is 0 Å². The van der Waals surface area contributed by atoms with Gasteiger partial charge in [-0.05, 0) is 25.0 Å². The summed E-state index contributed by atoms with van der Waals surface area (Å²) < 4.78 is 1.83. The second-order valence-electron chi connectivity index (χ2n) is 5.37. The van der Waals surface area contributed by atoms with Gasteiger partial charge in [-0.15, -0.1) is 0 Å². The van der Waals surface area contributed by atoms with Crippen molar-refractivity contribution in [2.24, 2.45) is 0 Å². The number of carbonyl (C=O) groups is 1. The summed E-state index contributed by atoms with van der Waals surface area (Å²) in [6.45, 7) is 0.261. The van der Waals surface area contributed by atoms with Gasteiger partial charge in [0, 0.05) is 23.7 Å². The zero-order valence-corrected chi connectivity index (χ0v) is 11.3. The summed E-state index contributed by atoms with van der Waals surface area (Å²) in [6, 6.07) is 9.24. The van der Waals surface area contributed by atoms with Gasteiger partial charge in [-0.1, -0.05) is 25.0 Å². The lowest BCUT2D eigenvalue weighted by atomic mass is 10.2. The molecule has 1 N–H and O–H groups in total. The van der Waals surface area contributed by atoms with Crippen LogP contribution < -0.4 is 10.7 Å². The molecule has 4 heteroatoms. The van der Waals surface area contributed by atoms with Crippen LogP contribution in [0, 0.1) is 0 Å². The third-order valence-electron chi connectivity index (χ3n) is 3.92. The van der Waals surface area contributed by atoms with Crippen LogP contribution in [-0.2, 0) is 11.3 Å². The Hall–Kier alpha value is -2.10. The van der Waals surface area contributed by atoms with Gasteiger partial charge in [-0.25, -0.2) is 0 Å². The fourth-order valence-corrected chi connectivity index (χ4v) is 2.90. The van der Waals surface area contributed by atoms with Gasteiger partial charge in [0.1, 0.15) is 6.54 Å². The molecule has 0 aliphatic heterocycles. The van der Waals surface area contributed by atoms with Gasteiger partial charge in [-0.3, -0.25) is 9.59 Å². The maximum atomic E-state index is 12.1. The molecule has 1 aliphatic carbocycles. The molecule has 4 nitrogen and oxygen atoms in total. The molecule has 2 aromatic rings. The topological polar surface area (TPSA) is 51.1 Å². The lowest BCUT2D eigenvalue weighted by Crippen LogP contribution is -2.35. The molecule has 1 aromatic carbocycles. The summed E-state index contributed by atoms with van der Waals surface area (Å²) in [7, 11) is 0. The standard InChI is InChI=1S/C16H18N2O2/c19-15-9-10-18(14-8-4-3-7-13(14)15)11-16(20)17-12-5-1-2-6-12/h3-4,7-10,12H,1-2,5-6,11H2,(H,17,20). The van der Waals surface area contributed by atoms with Crippen LogP contribution in [0.3, 0.4) is 0 Å². The summed E-state index contributed by atoms with van der Waals surface area (Å²) in [5.74, 6) is 0.0192. The van der Waals surface area contributed by atoms with Crippen molar-refractivity contribution in [2.45, 2.75) is 38.3 Å². The van der Waals surface area contributed by atoms with Gasteiger partial charge >= 0.3 is 0 Å². The number of pyridine rings is 1. The molecule has 104 valence electrons. The van der Waals surface area contributed by atoms with E-state index in [1.807, 2.05) is 22.8 Å². The average Bonchev–Trinajstić information content (AvgIpc) is 2.95. The molecule has 20 heavy (non-hydrogen) atoms. The number of carbonyl (C=O) groups excluding carboxylic acids is 1. The number of para-hydroxylation sites is 1. The molecule has 3 rings (SSSR count). The van der Waals surface area contributed by atoms with Crippen LogP contribution >= 0.6 is 0 Å². The summed E-state index contributed by atoms with van der Waals surface area (Å²) in [5, 5.41) is 3.72. The minimum absolute atomic E-state index is 0.00643. The molecule has 0 bridgehead atoms.